The van der Waals surface area contributed by atoms with Gasteiger partial charge in [-0.05, 0) is 71.1 Å². The number of hydrogen-bond donors (Lipinski definition) is 0. The topological polar surface area (TPSA) is 65.1 Å². The van der Waals surface area contributed by atoms with Crippen molar-refractivity contribution in [2.45, 2.75) is 13.5 Å². The van der Waals surface area contributed by atoms with E-state index in [4.69, 9.17) is 25.8 Å². The molecule has 31 heavy (non-hydrogen) atoms. The Morgan fingerprint density at radius 1 is 1.19 bits per heavy atom. The summed E-state index contributed by atoms with van der Waals surface area (Å²) in [6, 6.07) is 11.2. The van der Waals surface area contributed by atoms with Crippen LogP contribution >= 0.6 is 46.0 Å². The van der Waals surface area contributed by atoms with Crippen LogP contribution in [0.2, 0.25) is 5.02 Å². The SMILES string of the molecule is CCOc1cc(/C=C2/SC(=O)N(CCOC)C2=O)cc(I)c1OCc1ccccc1Cl. The first kappa shape index (κ1) is 23.9. The second kappa shape index (κ2) is 11.2. The summed E-state index contributed by atoms with van der Waals surface area (Å²) in [5.41, 5.74) is 1.62. The molecule has 9 heteroatoms. The van der Waals surface area contributed by atoms with Gasteiger partial charge in [-0.2, -0.15) is 0 Å². The highest BCUT2D eigenvalue weighted by Gasteiger charge is 2.34. The summed E-state index contributed by atoms with van der Waals surface area (Å²) in [6.07, 6.45) is 1.69. The predicted octanol–water partition coefficient (Wildman–Crippen LogP) is 5.61. The van der Waals surface area contributed by atoms with E-state index in [0.29, 0.717) is 41.2 Å². The molecule has 3 rings (SSSR count). The Hall–Kier alpha value is -1.75. The summed E-state index contributed by atoms with van der Waals surface area (Å²) in [5, 5.41) is 0.337. The maximum atomic E-state index is 12.6. The minimum atomic E-state index is -0.320. The predicted molar refractivity (Wildman–Crippen MR) is 131 cm³/mol. The van der Waals surface area contributed by atoms with Crippen molar-refractivity contribution >= 4 is 63.2 Å². The van der Waals surface area contributed by atoms with Crippen molar-refractivity contribution in [1.29, 1.82) is 0 Å². The molecule has 1 aliphatic rings. The molecule has 0 spiro atoms. The van der Waals surface area contributed by atoms with Crippen LogP contribution < -0.4 is 9.47 Å². The van der Waals surface area contributed by atoms with Crippen LogP contribution in [0.3, 0.4) is 0 Å². The Labute approximate surface area is 204 Å². The van der Waals surface area contributed by atoms with Crippen LogP contribution in [0.15, 0.2) is 41.3 Å². The van der Waals surface area contributed by atoms with Gasteiger partial charge >= 0.3 is 0 Å². The van der Waals surface area contributed by atoms with Crippen molar-refractivity contribution in [1.82, 2.24) is 4.90 Å². The van der Waals surface area contributed by atoms with Crippen LogP contribution in [0.1, 0.15) is 18.1 Å². The zero-order chi connectivity index (χ0) is 22.4. The number of amides is 2. The van der Waals surface area contributed by atoms with Gasteiger partial charge in [0.15, 0.2) is 11.5 Å². The van der Waals surface area contributed by atoms with Crippen LogP contribution in [0.5, 0.6) is 11.5 Å². The average molecular weight is 574 g/mol. The first-order valence-corrected chi connectivity index (χ1v) is 11.8. The third kappa shape index (κ3) is 5.94. The standard InChI is InChI=1S/C22H21ClINO5S/c1-3-29-18-11-14(12-19-21(26)25(8-9-28-2)22(27)31-19)10-17(24)20(18)30-13-15-6-4-5-7-16(15)23/h4-7,10-12H,3,8-9,13H2,1-2H3/b19-12+. The van der Waals surface area contributed by atoms with E-state index in [1.54, 1.807) is 12.1 Å². The van der Waals surface area contributed by atoms with E-state index in [9.17, 15) is 9.59 Å². The molecule has 1 heterocycles. The lowest BCUT2D eigenvalue weighted by Crippen LogP contribution is -2.31. The Balaban J connectivity index is 1.84. The molecule has 0 unspecified atom stereocenters. The fourth-order valence-corrected chi connectivity index (χ4v) is 4.70. The number of rotatable bonds is 9. The fourth-order valence-electron chi connectivity index (χ4n) is 2.87. The van der Waals surface area contributed by atoms with E-state index < -0.39 is 0 Å². The molecule has 6 nitrogen and oxygen atoms in total. The number of hydrogen-bond acceptors (Lipinski definition) is 6. The molecular formula is C22H21ClINO5S. The van der Waals surface area contributed by atoms with Gasteiger partial charge < -0.3 is 14.2 Å². The average Bonchev–Trinajstić information content (AvgIpc) is 3.00. The second-order valence-electron chi connectivity index (χ2n) is 6.47. The molecule has 1 saturated heterocycles. The van der Waals surface area contributed by atoms with Crippen molar-refractivity contribution in [3.05, 3.63) is 61.0 Å². The highest BCUT2D eigenvalue weighted by Crippen LogP contribution is 2.38. The van der Waals surface area contributed by atoms with Gasteiger partial charge in [-0.15, -0.1) is 0 Å². The Bertz CT molecular complexity index is 1010. The molecule has 0 N–H and O–H groups in total. The molecule has 0 aromatic heterocycles. The van der Waals surface area contributed by atoms with E-state index in [1.807, 2.05) is 37.3 Å². The number of carbonyl (C=O) groups excluding carboxylic acids is 2. The van der Waals surface area contributed by atoms with Crippen molar-refractivity contribution < 1.29 is 23.8 Å². The molecule has 164 valence electrons. The van der Waals surface area contributed by atoms with Crippen LogP contribution in [0.4, 0.5) is 4.79 Å². The molecule has 2 amide bonds. The number of carbonyl (C=O) groups is 2. The van der Waals surface area contributed by atoms with Crippen LogP contribution in [0.25, 0.3) is 6.08 Å². The van der Waals surface area contributed by atoms with Crippen LogP contribution in [0, 0.1) is 3.57 Å². The zero-order valence-electron chi connectivity index (χ0n) is 17.0. The molecule has 2 aromatic carbocycles. The summed E-state index contributed by atoms with van der Waals surface area (Å²) in [4.78, 5) is 26.3. The van der Waals surface area contributed by atoms with Gasteiger partial charge in [0.05, 0.1) is 28.2 Å². The fraction of sp³-hybridized carbons (Fsp3) is 0.273. The summed E-state index contributed by atoms with van der Waals surface area (Å²) in [6.45, 7) is 3.17. The smallest absolute Gasteiger partial charge is 0.293 e. The third-order valence-electron chi connectivity index (χ3n) is 4.35. The molecule has 0 radical (unpaired) electrons. The highest BCUT2D eigenvalue weighted by molar-refractivity contribution is 14.1. The van der Waals surface area contributed by atoms with E-state index >= 15 is 0 Å². The minimum absolute atomic E-state index is 0.231. The van der Waals surface area contributed by atoms with Crippen molar-refractivity contribution in [2.75, 3.05) is 26.9 Å². The van der Waals surface area contributed by atoms with Crippen LogP contribution in [-0.2, 0) is 16.1 Å². The van der Waals surface area contributed by atoms with E-state index in [0.717, 1.165) is 26.5 Å². The first-order chi connectivity index (χ1) is 14.9. The lowest BCUT2D eigenvalue weighted by molar-refractivity contribution is -0.123. The first-order valence-electron chi connectivity index (χ1n) is 9.51. The number of methoxy groups -OCH3 is 1. The monoisotopic (exact) mass is 573 g/mol. The Morgan fingerprint density at radius 2 is 1.97 bits per heavy atom. The van der Waals surface area contributed by atoms with E-state index in [1.165, 1.54) is 12.0 Å². The van der Waals surface area contributed by atoms with Gasteiger partial charge in [-0.3, -0.25) is 14.5 Å². The van der Waals surface area contributed by atoms with Gasteiger partial charge in [-0.1, -0.05) is 29.8 Å². The van der Waals surface area contributed by atoms with Crippen molar-refractivity contribution in [2.24, 2.45) is 0 Å². The number of thioether (sulfide) groups is 1. The molecule has 2 aromatic rings. The Morgan fingerprint density at radius 3 is 2.68 bits per heavy atom. The summed E-state index contributed by atoms with van der Waals surface area (Å²) >= 11 is 9.31. The number of nitrogens with zero attached hydrogens (tertiary/aromatic N) is 1. The summed E-state index contributed by atoms with van der Waals surface area (Å²) in [5.74, 6) is 0.845. The molecule has 0 bridgehead atoms. The zero-order valence-corrected chi connectivity index (χ0v) is 20.8. The van der Waals surface area contributed by atoms with Gasteiger partial charge in [0, 0.05) is 17.7 Å². The van der Waals surface area contributed by atoms with E-state index in [-0.39, 0.29) is 17.7 Å². The number of ether oxygens (including phenoxy) is 3. The molecule has 0 aliphatic carbocycles. The normalized spacial score (nSPS) is 15.1. The molecule has 1 aliphatic heterocycles. The van der Waals surface area contributed by atoms with Gasteiger partial charge in [-0.25, -0.2) is 0 Å². The third-order valence-corrected chi connectivity index (χ3v) is 6.43. The summed E-state index contributed by atoms with van der Waals surface area (Å²) in [7, 11) is 1.53. The van der Waals surface area contributed by atoms with Gasteiger partial charge in [0.2, 0.25) is 0 Å². The molecule has 0 saturated carbocycles. The second-order valence-corrected chi connectivity index (χ2v) is 9.03. The number of imide groups is 1. The minimum Gasteiger partial charge on any atom is -0.490 e. The maximum Gasteiger partial charge on any atom is 0.293 e. The quantitative estimate of drug-likeness (QED) is 0.287. The number of halogens is 2. The molecular weight excluding hydrogens is 553 g/mol. The molecule has 0 atom stereocenters. The molecule has 1 fully saturated rings. The number of benzene rings is 2. The lowest BCUT2D eigenvalue weighted by atomic mass is 10.1. The highest BCUT2D eigenvalue weighted by atomic mass is 127. The van der Waals surface area contributed by atoms with Crippen molar-refractivity contribution in [3.63, 3.8) is 0 Å². The lowest BCUT2D eigenvalue weighted by Gasteiger charge is -2.15. The largest absolute Gasteiger partial charge is 0.490 e. The summed E-state index contributed by atoms with van der Waals surface area (Å²) < 4.78 is 17.6. The maximum absolute atomic E-state index is 12.6. The van der Waals surface area contributed by atoms with Crippen molar-refractivity contribution in [3.8, 4) is 11.5 Å². The Kier molecular flexibility index (Phi) is 8.65. The van der Waals surface area contributed by atoms with Gasteiger partial charge in [0.1, 0.15) is 6.61 Å². The van der Waals surface area contributed by atoms with Crippen LogP contribution in [-0.4, -0.2) is 42.9 Å². The van der Waals surface area contributed by atoms with Gasteiger partial charge in [0.25, 0.3) is 11.1 Å². The van der Waals surface area contributed by atoms with E-state index in [2.05, 4.69) is 22.6 Å².